The standard InChI is InChI=1S/C17H13ClF2O5S/c1-23-13-8-10(2-4-12(13)25-17(19)20)3-7-16(22)24-9-11(21)14-5-6-15(18)26-14/h2-8,17H,9H2,1H3/b7-3+. The first-order valence-electron chi connectivity index (χ1n) is 7.15. The largest absolute Gasteiger partial charge is 0.493 e. The first kappa shape index (κ1) is 19.9. The number of halogens is 3. The third-order valence-electron chi connectivity index (χ3n) is 3.01. The number of esters is 1. The Morgan fingerprint density at radius 2 is 2.00 bits per heavy atom. The van der Waals surface area contributed by atoms with Crippen LogP contribution in [0.25, 0.3) is 6.08 Å². The van der Waals surface area contributed by atoms with Gasteiger partial charge in [-0.2, -0.15) is 8.78 Å². The highest BCUT2D eigenvalue weighted by Crippen LogP contribution is 2.29. The number of carbonyl (C=O) groups excluding carboxylic acids is 2. The predicted octanol–water partition coefficient (Wildman–Crippen LogP) is 4.45. The Kier molecular flexibility index (Phi) is 7.11. The smallest absolute Gasteiger partial charge is 0.387 e. The highest BCUT2D eigenvalue weighted by molar-refractivity contribution is 7.18. The molecule has 0 atom stereocenters. The number of carbonyl (C=O) groups is 2. The van der Waals surface area contributed by atoms with Crippen molar-refractivity contribution >= 4 is 40.8 Å². The van der Waals surface area contributed by atoms with Crippen molar-refractivity contribution in [3.63, 3.8) is 0 Å². The molecule has 2 aromatic rings. The molecule has 0 spiro atoms. The van der Waals surface area contributed by atoms with Crippen molar-refractivity contribution in [2.45, 2.75) is 6.61 Å². The van der Waals surface area contributed by atoms with Crippen LogP contribution in [-0.4, -0.2) is 32.1 Å². The third-order valence-corrected chi connectivity index (χ3v) is 4.28. The van der Waals surface area contributed by atoms with Gasteiger partial charge in [-0.15, -0.1) is 11.3 Å². The Bertz CT molecular complexity index is 819. The Balaban J connectivity index is 1.93. The van der Waals surface area contributed by atoms with E-state index < -0.39 is 19.2 Å². The van der Waals surface area contributed by atoms with Gasteiger partial charge in [0.1, 0.15) is 0 Å². The van der Waals surface area contributed by atoms with Gasteiger partial charge >= 0.3 is 12.6 Å². The molecule has 9 heteroatoms. The number of Topliss-reactive ketones (excluding diaryl/α,β-unsaturated/α-hetero) is 1. The first-order chi connectivity index (χ1) is 12.4. The molecule has 1 aromatic heterocycles. The van der Waals surface area contributed by atoms with Crippen LogP contribution in [-0.2, 0) is 9.53 Å². The summed E-state index contributed by atoms with van der Waals surface area (Å²) in [6.07, 6.45) is 2.50. The molecule has 0 bridgehead atoms. The predicted molar refractivity (Wildman–Crippen MR) is 93.3 cm³/mol. The summed E-state index contributed by atoms with van der Waals surface area (Å²) in [5.74, 6) is -1.13. The van der Waals surface area contributed by atoms with Gasteiger partial charge in [0, 0.05) is 6.08 Å². The summed E-state index contributed by atoms with van der Waals surface area (Å²) in [6.45, 7) is -3.39. The number of benzene rings is 1. The molecule has 1 aromatic carbocycles. The summed E-state index contributed by atoms with van der Waals surface area (Å²) >= 11 is 6.83. The minimum Gasteiger partial charge on any atom is -0.493 e. The van der Waals surface area contributed by atoms with Crippen LogP contribution in [0, 0.1) is 0 Å². The number of methoxy groups -OCH3 is 1. The fourth-order valence-corrected chi connectivity index (χ4v) is 2.83. The van der Waals surface area contributed by atoms with E-state index in [-0.39, 0.29) is 17.3 Å². The van der Waals surface area contributed by atoms with Crippen molar-refractivity contribution in [2.24, 2.45) is 0 Å². The monoisotopic (exact) mass is 402 g/mol. The van der Waals surface area contributed by atoms with Crippen molar-refractivity contribution < 1.29 is 32.6 Å². The fourth-order valence-electron chi connectivity index (χ4n) is 1.87. The average Bonchev–Trinajstić information content (AvgIpc) is 3.04. The summed E-state index contributed by atoms with van der Waals surface area (Å²) in [4.78, 5) is 23.9. The molecule has 0 unspecified atom stereocenters. The molecule has 0 amide bonds. The molecule has 2 rings (SSSR count). The van der Waals surface area contributed by atoms with Crippen LogP contribution in [0.1, 0.15) is 15.2 Å². The molecule has 0 aliphatic rings. The van der Waals surface area contributed by atoms with Crippen molar-refractivity contribution in [3.8, 4) is 11.5 Å². The van der Waals surface area contributed by atoms with Crippen LogP contribution in [0.15, 0.2) is 36.4 Å². The second kappa shape index (κ2) is 9.30. The summed E-state index contributed by atoms with van der Waals surface area (Å²) in [7, 11) is 1.30. The first-order valence-corrected chi connectivity index (χ1v) is 8.34. The summed E-state index contributed by atoms with van der Waals surface area (Å²) in [5, 5.41) is 0. The maximum absolute atomic E-state index is 12.3. The van der Waals surface area contributed by atoms with E-state index in [0.717, 1.165) is 17.4 Å². The van der Waals surface area contributed by atoms with E-state index in [4.69, 9.17) is 21.1 Å². The van der Waals surface area contributed by atoms with Gasteiger partial charge < -0.3 is 14.2 Å². The topological polar surface area (TPSA) is 61.8 Å². The van der Waals surface area contributed by atoms with Crippen molar-refractivity contribution in [2.75, 3.05) is 13.7 Å². The lowest BCUT2D eigenvalue weighted by atomic mass is 10.2. The van der Waals surface area contributed by atoms with E-state index in [2.05, 4.69) is 4.74 Å². The second-order valence-corrected chi connectivity index (χ2v) is 6.47. The van der Waals surface area contributed by atoms with E-state index >= 15 is 0 Å². The van der Waals surface area contributed by atoms with Gasteiger partial charge in [-0.05, 0) is 35.9 Å². The van der Waals surface area contributed by atoms with Gasteiger partial charge in [0.2, 0.25) is 5.78 Å². The Morgan fingerprint density at radius 1 is 1.23 bits per heavy atom. The summed E-state index contributed by atoms with van der Waals surface area (Å²) < 4.78 is 39.1. The van der Waals surface area contributed by atoms with Crippen LogP contribution in [0.3, 0.4) is 0 Å². The molecular formula is C17H13ClF2O5S. The Morgan fingerprint density at radius 3 is 2.62 bits per heavy atom. The number of hydrogen-bond acceptors (Lipinski definition) is 6. The molecule has 5 nitrogen and oxygen atoms in total. The Hall–Kier alpha value is -2.45. The zero-order valence-corrected chi connectivity index (χ0v) is 15.0. The highest BCUT2D eigenvalue weighted by Gasteiger charge is 2.12. The van der Waals surface area contributed by atoms with E-state index in [1.165, 1.54) is 31.4 Å². The van der Waals surface area contributed by atoms with Gasteiger partial charge in [0.15, 0.2) is 18.1 Å². The van der Waals surface area contributed by atoms with E-state index in [1.807, 2.05) is 0 Å². The van der Waals surface area contributed by atoms with Gasteiger partial charge in [-0.1, -0.05) is 17.7 Å². The molecule has 0 saturated carbocycles. The maximum atomic E-state index is 12.3. The summed E-state index contributed by atoms with van der Waals surface area (Å²) in [6, 6.07) is 7.30. The third kappa shape index (κ3) is 5.82. The lowest BCUT2D eigenvalue weighted by molar-refractivity contribution is -0.136. The number of ketones is 1. The quantitative estimate of drug-likeness (QED) is 0.371. The fraction of sp³-hybridized carbons (Fsp3) is 0.176. The van der Waals surface area contributed by atoms with Crippen LogP contribution < -0.4 is 9.47 Å². The van der Waals surface area contributed by atoms with Gasteiger partial charge in [0.25, 0.3) is 0 Å². The second-order valence-electron chi connectivity index (χ2n) is 4.76. The molecule has 0 fully saturated rings. The SMILES string of the molecule is COc1cc(/C=C/C(=O)OCC(=O)c2ccc(Cl)s2)ccc1OC(F)F. The maximum Gasteiger partial charge on any atom is 0.387 e. The molecule has 0 saturated heterocycles. The minimum absolute atomic E-state index is 0.0885. The molecule has 138 valence electrons. The highest BCUT2D eigenvalue weighted by atomic mass is 35.5. The number of hydrogen-bond donors (Lipinski definition) is 0. The van der Waals surface area contributed by atoms with Crippen molar-refractivity contribution in [1.29, 1.82) is 0 Å². The normalized spacial score (nSPS) is 11.0. The molecule has 0 aliphatic heterocycles. The van der Waals surface area contributed by atoms with Crippen molar-refractivity contribution in [3.05, 3.63) is 51.2 Å². The van der Waals surface area contributed by atoms with Gasteiger partial charge in [0.05, 0.1) is 16.3 Å². The lowest BCUT2D eigenvalue weighted by Crippen LogP contribution is -2.11. The molecular weight excluding hydrogens is 390 g/mol. The molecule has 26 heavy (non-hydrogen) atoms. The van der Waals surface area contributed by atoms with Crippen LogP contribution in [0.4, 0.5) is 8.78 Å². The van der Waals surface area contributed by atoms with Gasteiger partial charge in [-0.25, -0.2) is 4.79 Å². The van der Waals surface area contributed by atoms with E-state index in [0.29, 0.717) is 14.8 Å². The van der Waals surface area contributed by atoms with Crippen LogP contribution in [0.5, 0.6) is 11.5 Å². The molecule has 0 radical (unpaired) electrons. The number of thiophene rings is 1. The molecule has 0 aliphatic carbocycles. The average molecular weight is 403 g/mol. The Labute approximate surface area is 156 Å². The number of ether oxygens (including phenoxy) is 3. The van der Waals surface area contributed by atoms with E-state index in [1.54, 1.807) is 12.1 Å². The zero-order chi connectivity index (χ0) is 19.1. The molecule has 1 heterocycles. The van der Waals surface area contributed by atoms with Crippen LogP contribution in [0.2, 0.25) is 4.34 Å². The van der Waals surface area contributed by atoms with Crippen molar-refractivity contribution in [1.82, 2.24) is 0 Å². The zero-order valence-electron chi connectivity index (χ0n) is 13.4. The molecule has 0 N–H and O–H groups in total. The number of alkyl halides is 2. The lowest BCUT2D eigenvalue weighted by Gasteiger charge is -2.10. The van der Waals surface area contributed by atoms with Crippen LogP contribution >= 0.6 is 22.9 Å². The summed E-state index contributed by atoms with van der Waals surface area (Å²) in [5.41, 5.74) is 0.497. The number of rotatable bonds is 8. The van der Waals surface area contributed by atoms with Gasteiger partial charge in [-0.3, -0.25) is 4.79 Å². The van der Waals surface area contributed by atoms with E-state index in [9.17, 15) is 18.4 Å². The minimum atomic E-state index is -2.98.